The summed E-state index contributed by atoms with van der Waals surface area (Å²) < 4.78 is 64.5. The Morgan fingerprint density at radius 2 is 1.38 bits per heavy atom. The largest absolute Gasteiger partial charge is 0.416 e. The molecule has 0 saturated carbocycles. The Bertz CT molecular complexity index is 3700. The van der Waals surface area contributed by atoms with E-state index in [1.807, 2.05) is 55.5 Å². The van der Waals surface area contributed by atoms with E-state index in [0.717, 1.165) is 43.8 Å². The number of nitrogens with zero attached hydrogens (tertiary/aromatic N) is 13. The maximum Gasteiger partial charge on any atom is 0.416 e. The molecule has 3 saturated heterocycles. The number of hydrogen-bond donors (Lipinski definition) is 6. The number of likely N-dealkylation sites (N-methyl/N-ethyl adjacent to an activating group) is 2. The van der Waals surface area contributed by atoms with Crippen molar-refractivity contribution in [3.05, 3.63) is 119 Å². The molecule has 0 atom stereocenters. The topological polar surface area (TPSA) is 249 Å². The summed E-state index contributed by atoms with van der Waals surface area (Å²) in [5.41, 5.74) is 9.61. The Labute approximate surface area is 482 Å². The molecule has 1 aliphatic carbocycles. The molecule has 2 amide bonds. The third kappa shape index (κ3) is 12.7. The quantitative estimate of drug-likeness (QED) is 0.0424. The molecule has 0 radical (unpaired) electrons. The van der Waals surface area contributed by atoms with Gasteiger partial charge in [0.05, 0.1) is 29.9 Å². The van der Waals surface area contributed by atoms with Crippen molar-refractivity contribution in [1.82, 2.24) is 55.0 Å². The number of nitrogens with two attached hydrogens (primary N) is 1. The second-order valence-corrected chi connectivity index (χ2v) is 22.0. The molecule has 7 aromatic rings. The highest BCUT2D eigenvalue weighted by atomic mass is 19.4. The van der Waals surface area contributed by atoms with Crippen LogP contribution in [0.1, 0.15) is 66.0 Å². The number of nitrogen functional groups attached to an aromatic ring is 1. The van der Waals surface area contributed by atoms with Gasteiger partial charge < -0.3 is 56.2 Å². The van der Waals surface area contributed by atoms with E-state index in [0.29, 0.717) is 128 Å². The number of fused-ring (bicyclic) bond motifs is 2. The third-order valence-electron chi connectivity index (χ3n) is 15.1. The number of benzene rings is 3. The molecular formula is C58H64F4N19O3+. The predicted molar refractivity (Wildman–Crippen MR) is 314 cm³/mol. The fourth-order valence-electron chi connectivity index (χ4n) is 10.1. The molecule has 3 aromatic carbocycles. The highest BCUT2D eigenvalue weighted by Gasteiger charge is 2.34. The van der Waals surface area contributed by atoms with Gasteiger partial charge >= 0.3 is 6.18 Å². The number of aromatic nitrogens is 8. The molecule has 3 fully saturated rings. The average Bonchev–Trinajstić information content (AvgIpc) is 2.72. The van der Waals surface area contributed by atoms with Crippen LogP contribution in [0.2, 0.25) is 0 Å². The number of nitrogens with one attached hydrogen (secondary N) is 5. The summed E-state index contributed by atoms with van der Waals surface area (Å²) in [5.74, 6) is -0.399. The lowest BCUT2D eigenvalue weighted by Gasteiger charge is -2.36. The van der Waals surface area contributed by atoms with Gasteiger partial charge in [-0.3, -0.25) is 14.9 Å². The Balaban J connectivity index is 0.940. The number of halogens is 4. The van der Waals surface area contributed by atoms with E-state index in [1.165, 1.54) is 30.9 Å². The summed E-state index contributed by atoms with van der Waals surface area (Å²) >= 11 is 0. The number of carbonyl (C=O) groups is 2. The molecule has 436 valence electrons. The van der Waals surface area contributed by atoms with Crippen LogP contribution in [0.25, 0.3) is 22.1 Å². The molecule has 3 aliphatic heterocycles. The Morgan fingerprint density at radius 1 is 0.690 bits per heavy atom. The molecule has 0 spiro atoms. The van der Waals surface area contributed by atoms with Crippen molar-refractivity contribution < 1.29 is 31.9 Å². The fourth-order valence-corrected chi connectivity index (χ4v) is 10.1. The maximum atomic E-state index is 15.4. The minimum atomic E-state index is -4.68. The zero-order valence-corrected chi connectivity index (χ0v) is 47.2. The van der Waals surface area contributed by atoms with Gasteiger partial charge in [-0.25, -0.2) is 34.3 Å². The number of carbonyl (C=O) groups excluding carboxylic acids is 2. The van der Waals surface area contributed by atoms with Crippen molar-refractivity contribution in [2.24, 2.45) is 5.41 Å². The van der Waals surface area contributed by atoms with Crippen LogP contribution >= 0.6 is 0 Å². The molecule has 0 bridgehead atoms. The van der Waals surface area contributed by atoms with Crippen LogP contribution in [0.15, 0.2) is 84.6 Å². The molecule has 4 aromatic heterocycles. The highest BCUT2D eigenvalue weighted by molar-refractivity contribution is 6.06. The first-order valence-corrected chi connectivity index (χ1v) is 27.8. The number of ether oxygens (including phenoxy) is 1. The summed E-state index contributed by atoms with van der Waals surface area (Å²) in [6, 6.07) is 12.6. The lowest BCUT2D eigenvalue weighted by atomic mass is 9.81. The number of amides is 2. The predicted octanol–water partition coefficient (Wildman–Crippen LogP) is 7.77. The standard InChI is InChI=1S/C58H63F4N19O3/c1-6-78-15-19-79(20-16-78)41-28-37(58(60,61)62)27-40(29-41)70-53(82)34-8-9-35(44(24-34)72-52-47-45(65-32-68-52)49(63)75-55(73-47)80-12-7-22-84-23-21-80)31-64-50-46-48(74-56(76-50)81-17-13-77(5)14-18-81)51(67-33-66-46)69-38-10-11-43(59)42(30-38)54(83)71-39-25-36(26-39)57(2,3)4/h8-11,24-25,27-30,32-33H,6-7,12-23,31H2,1-5H3,(H6-,63,64,65,66,67,68,69,70,71,72,73,74,75,76,82,83)/p+1. The van der Waals surface area contributed by atoms with Crippen LogP contribution in [0.5, 0.6) is 0 Å². The van der Waals surface area contributed by atoms with Crippen molar-refractivity contribution in [1.29, 1.82) is 0 Å². The average molecular weight is 1150 g/mol. The minimum Gasteiger partial charge on any atom is -0.382 e. The number of hydrogen-bond acceptors (Lipinski definition) is 20. The van der Waals surface area contributed by atoms with E-state index < -0.39 is 29.4 Å². The van der Waals surface area contributed by atoms with Crippen LogP contribution in [0, 0.1) is 17.3 Å². The van der Waals surface area contributed by atoms with E-state index >= 15 is 4.39 Å². The second kappa shape index (κ2) is 23.7. The molecule has 4 aliphatic rings. The van der Waals surface area contributed by atoms with E-state index in [4.69, 9.17) is 25.4 Å². The number of anilines is 10. The van der Waals surface area contributed by atoms with Gasteiger partial charge in [-0.2, -0.15) is 23.1 Å². The van der Waals surface area contributed by atoms with Gasteiger partial charge in [-0.15, -0.1) is 0 Å². The van der Waals surface area contributed by atoms with Crippen molar-refractivity contribution >= 4 is 91.8 Å². The summed E-state index contributed by atoms with van der Waals surface area (Å²) in [6.07, 6.45) is 3.67. The summed E-state index contributed by atoms with van der Waals surface area (Å²) in [7, 11) is 2.04. The summed E-state index contributed by atoms with van der Waals surface area (Å²) in [5, 5.41) is 15.6. The SMILES string of the molecule is CCN1CCN(c2cc(NC(=O)c3ccc(CNc4nc(N5CCN(C)CC5)nc5c(Nc6ccc(F)c(C(=O)NC7=CC(C(C)(C)C)=[C+]7)c6)ncnc45)c(Nc4ncnc5c(N)nc(N6CCCOCC6)nc45)c3)cc(C(F)(F)F)c2)CC1. The monoisotopic (exact) mass is 1150 g/mol. The van der Waals surface area contributed by atoms with Crippen LogP contribution in [0.3, 0.4) is 0 Å². The van der Waals surface area contributed by atoms with Crippen molar-refractivity contribution in [2.45, 2.75) is 46.8 Å². The van der Waals surface area contributed by atoms with Crippen LogP contribution in [0.4, 0.5) is 75.5 Å². The highest BCUT2D eigenvalue weighted by Crippen LogP contribution is 2.37. The van der Waals surface area contributed by atoms with Gasteiger partial charge in [0.2, 0.25) is 17.6 Å². The Morgan fingerprint density at radius 3 is 2.11 bits per heavy atom. The van der Waals surface area contributed by atoms with Crippen molar-refractivity contribution in [2.75, 3.05) is 134 Å². The van der Waals surface area contributed by atoms with Crippen LogP contribution in [-0.2, 0) is 17.5 Å². The summed E-state index contributed by atoms with van der Waals surface area (Å²) in [6.45, 7) is 16.3. The van der Waals surface area contributed by atoms with E-state index in [9.17, 15) is 22.8 Å². The molecule has 11 rings (SSSR count). The Kier molecular flexibility index (Phi) is 16.1. The van der Waals surface area contributed by atoms with E-state index in [-0.39, 0.29) is 51.7 Å². The Hall–Kier alpha value is -8.97. The van der Waals surface area contributed by atoms with Gasteiger partial charge in [0.25, 0.3) is 11.8 Å². The normalized spacial score (nSPS) is 16.3. The van der Waals surface area contributed by atoms with Gasteiger partial charge in [-0.1, -0.05) is 33.8 Å². The van der Waals surface area contributed by atoms with Crippen molar-refractivity contribution in [3.63, 3.8) is 0 Å². The molecule has 7 N–H and O–H groups in total. The first-order chi connectivity index (χ1) is 40.3. The molecule has 84 heavy (non-hydrogen) atoms. The van der Waals surface area contributed by atoms with Gasteiger partial charge in [0, 0.05) is 112 Å². The number of rotatable bonds is 15. The minimum absolute atomic E-state index is 0.0237. The molecule has 7 heterocycles. The molecule has 22 nitrogen and oxygen atoms in total. The van der Waals surface area contributed by atoms with E-state index in [1.54, 1.807) is 24.3 Å². The van der Waals surface area contributed by atoms with Gasteiger partial charge in [-0.05, 0) is 74.1 Å². The first kappa shape index (κ1) is 56.9. The zero-order chi connectivity index (χ0) is 58.9. The molecule has 0 unspecified atom stereocenters. The number of piperazine rings is 2. The van der Waals surface area contributed by atoms with Gasteiger partial charge in [0.15, 0.2) is 23.3 Å². The first-order valence-electron chi connectivity index (χ1n) is 27.8. The lowest BCUT2D eigenvalue weighted by Crippen LogP contribution is -2.46. The van der Waals surface area contributed by atoms with Crippen LogP contribution in [-0.4, -0.2) is 154 Å². The van der Waals surface area contributed by atoms with E-state index in [2.05, 4.69) is 67.4 Å². The zero-order valence-electron chi connectivity index (χ0n) is 47.2. The molecule has 26 heteroatoms. The smallest absolute Gasteiger partial charge is 0.382 e. The maximum absolute atomic E-state index is 15.4. The van der Waals surface area contributed by atoms with Crippen LogP contribution < -0.4 is 47.0 Å². The summed E-state index contributed by atoms with van der Waals surface area (Å²) in [4.78, 5) is 75.9. The van der Waals surface area contributed by atoms with Crippen molar-refractivity contribution in [3.8, 4) is 0 Å². The number of alkyl halides is 3. The third-order valence-corrected chi connectivity index (χ3v) is 15.1. The molecular weight excluding hydrogens is 1090 g/mol. The lowest BCUT2D eigenvalue weighted by molar-refractivity contribution is -0.137. The fraction of sp³-hybridized carbons (Fsp3) is 0.379. The van der Waals surface area contributed by atoms with Gasteiger partial charge in [0.1, 0.15) is 46.1 Å². The second-order valence-electron chi connectivity index (χ2n) is 22.0. The number of allylic oxidation sites excluding steroid dienone is 3.